The molecule has 1 aromatic carbocycles. The maximum absolute atomic E-state index is 12.8. The minimum Gasteiger partial charge on any atom is -0.459 e. The highest BCUT2D eigenvalue weighted by Crippen LogP contribution is 2.14. The highest BCUT2D eigenvalue weighted by atomic mass is 16.3. The number of hydrogen-bond donors (Lipinski definition) is 2. The van der Waals surface area contributed by atoms with E-state index in [4.69, 9.17) is 4.42 Å². The monoisotopic (exact) mass is 371 g/mol. The Kier molecular flexibility index (Phi) is 7.19. The predicted octanol–water partition coefficient (Wildman–Crippen LogP) is 2.32. The van der Waals surface area contributed by atoms with E-state index in [9.17, 15) is 9.59 Å². The third-order valence-corrected chi connectivity index (χ3v) is 4.13. The SMILES string of the molecule is CN(C)CC(C)(C)CNC(=O)C(Cc1ccccc1)NC(=O)c1ccco1. The largest absolute Gasteiger partial charge is 0.459 e. The van der Waals surface area contributed by atoms with E-state index < -0.39 is 11.9 Å². The van der Waals surface area contributed by atoms with Gasteiger partial charge in [0.25, 0.3) is 5.91 Å². The molecule has 6 heteroatoms. The number of rotatable bonds is 9. The van der Waals surface area contributed by atoms with E-state index in [1.54, 1.807) is 12.1 Å². The fourth-order valence-electron chi connectivity index (χ4n) is 3.06. The number of furan rings is 1. The van der Waals surface area contributed by atoms with E-state index in [2.05, 4.69) is 29.4 Å². The molecule has 0 aliphatic heterocycles. The molecule has 27 heavy (non-hydrogen) atoms. The van der Waals surface area contributed by atoms with Gasteiger partial charge in [-0.15, -0.1) is 0 Å². The second-order valence-corrected chi connectivity index (χ2v) is 7.81. The summed E-state index contributed by atoms with van der Waals surface area (Å²) in [4.78, 5) is 27.3. The van der Waals surface area contributed by atoms with Gasteiger partial charge in [-0.05, 0) is 37.2 Å². The van der Waals surface area contributed by atoms with Crippen LogP contribution < -0.4 is 10.6 Å². The zero-order valence-corrected chi connectivity index (χ0v) is 16.5. The number of carbonyl (C=O) groups is 2. The van der Waals surface area contributed by atoms with E-state index >= 15 is 0 Å². The molecule has 0 fully saturated rings. The first-order valence-electron chi connectivity index (χ1n) is 9.07. The number of carbonyl (C=O) groups excluding carboxylic acids is 2. The average Bonchev–Trinajstić information content (AvgIpc) is 3.14. The molecule has 1 heterocycles. The molecule has 0 radical (unpaired) electrons. The Labute approximate surface area is 160 Å². The van der Waals surface area contributed by atoms with Gasteiger partial charge in [-0.25, -0.2) is 0 Å². The molecule has 1 unspecified atom stereocenters. The van der Waals surface area contributed by atoms with E-state index in [-0.39, 0.29) is 17.1 Å². The Morgan fingerprint density at radius 1 is 1.11 bits per heavy atom. The van der Waals surface area contributed by atoms with Gasteiger partial charge in [0.15, 0.2) is 5.76 Å². The second kappa shape index (κ2) is 9.37. The van der Waals surface area contributed by atoms with Gasteiger partial charge >= 0.3 is 0 Å². The second-order valence-electron chi connectivity index (χ2n) is 7.81. The van der Waals surface area contributed by atoms with Crippen molar-refractivity contribution in [3.05, 3.63) is 60.1 Å². The van der Waals surface area contributed by atoms with Crippen molar-refractivity contribution in [1.82, 2.24) is 15.5 Å². The van der Waals surface area contributed by atoms with Crippen LogP contribution in [0.2, 0.25) is 0 Å². The fourth-order valence-corrected chi connectivity index (χ4v) is 3.06. The zero-order chi connectivity index (χ0) is 19.9. The first-order chi connectivity index (χ1) is 12.8. The van der Waals surface area contributed by atoms with E-state index in [0.29, 0.717) is 13.0 Å². The molecule has 146 valence electrons. The van der Waals surface area contributed by atoms with Gasteiger partial charge in [0, 0.05) is 19.5 Å². The predicted molar refractivity (Wildman–Crippen MR) is 105 cm³/mol. The molecule has 0 saturated carbocycles. The number of benzene rings is 1. The van der Waals surface area contributed by atoms with Crippen LogP contribution in [0, 0.1) is 5.41 Å². The van der Waals surface area contributed by atoms with Crippen LogP contribution in [0.3, 0.4) is 0 Å². The molecule has 2 rings (SSSR count). The van der Waals surface area contributed by atoms with Gasteiger partial charge in [-0.1, -0.05) is 44.2 Å². The van der Waals surface area contributed by atoms with Crippen molar-refractivity contribution >= 4 is 11.8 Å². The molecule has 0 aliphatic carbocycles. The zero-order valence-electron chi connectivity index (χ0n) is 16.5. The van der Waals surface area contributed by atoms with Crippen LogP contribution in [0.5, 0.6) is 0 Å². The van der Waals surface area contributed by atoms with E-state index in [1.807, 2.05) is 44.4 Å². The molecule has 0 saturated heterocycles. The standard InChI is InChI=1S/C21H29N3O3/c1-21(2,15-24(3)4)14-22-19(25)17(13-16-9-6-5-7-10-16)23-20(26)18-11-8-12-27-18/h5-12,17H,13-15H2,1-4H3,(H,22,25)(H,23,26). The van der Waals surface area contributed by atoms with Gasteiger partial charge in [-0.3, -0.25) is 9.59 Å². The number of nitrogens with one attached hydrogen (secondary N) is 2. The quantitative estimate of drug-likeness (QED) is 0.709. The Hall–Kier alpha value is -2.60. The number of nitrogens with zero attached hydrogens (tertiary/aromatic N) is 1. The van der Waals surface area contributed by atoms with E-state index in [1.165, 1.54) is 6.26 Å². The van der Waals surface area contributed by atoms with Crippen molar-refractivity contribution in [2.24, 2.45) is 5.41 Å². The highest BCUT2D eigenvalue weighted by molar-refractivity contribution is 5.95. The van der Waals surface area contributed by atoms with Crippen LogP contribution in [0.1, 0.15) is 30.0 Å². The average molecular weight is 371 g/mol. The summed E-state index contributed by atoms with van der Waals surface area (Å²) < 4.78 is 5.13. The van der Waals surface area contributed by atoms with Crippen LogP contribution in [-0.4, -0.2) is 49.9 Å². The molecule has 1 aromatic heterocycles. The topological polar surface area (TPSA) is 74.6 Å². The third-order valence-electron chi connectivity index (χ3n) is 4.13. The van der Waals surface area contributed by atoms with Gasteiger partial charge in [-0.2, -0.15) is 0 Å². The molecule has 2 amide bonds. The summed E-state index contributed by atoms with van der Waals surface area (Å²) in [5.74, 6) is -0.414. The summed E-state index contributed by atoms with van der Waals surface area (Å²) >= 11 is 0. The molecule has 6 nitrogen and oxygen atoms in total. The molecule has 2 N–H and O–H groups in total. The molecule has 0 bridgehead atoms. The van der Waals surface area contributed by atoms with Crippen molar-refractivity contribution in [3.63, 3.8) is 0 Å². The summed E-state index contributed by atoms with van der Waals surface area (Å²) in [6.07, 6.45) is 1.85. The van der Waals surface area contributed by atoms with Crippen LogP contribution in [-0.2, 0) is 11.2 Å². The molecule has 0 spiro atoms. The molecule has 1 atom stereocenters. The summed E-state index contributed by atoms with van der Waals surface area (Å²) in [7, 11) is 4.01. The van der Waals surface area contributed by atoms with Crippen LogP contribution in [0.15, 0.2) is 53.1 Å². The summed E-state index contributed by atoms with van der Waals surface area (Å²) in [6.45, 7) is 5.56. The van der Waals surface area contributed by atoms with Gasteiger partial charge in [0.1, 0.15) is 6.04 Å². The highest BCUT2D eigenvalue weighted by Gasteiger charge is 2.26. The van der Waals surface area contributed by atoms with Crippen molar-refractivity contribution in [2.45, 2.75) is 26.3 Å². The minimum absolute atomic E-state index is 0.0819. The lowest BCUT2D eigenvalue weighted by atomic mass is 9.92. The van der Waals surface area contributed by atoms with Crippen LogP contribution in [0.4, 0.5) is 0 Å². The Balaban J connectivity index is 2.06. The van der Waals surface area contributed by atoms with Gasteiger partial charge < -0.3 is 20.0 Å². The van der Waals surface area contributed by atoms with Crippen molar-refractivity contribution in [2.75, 3.05) is 27.2 Å². The van der Waals surface area contributed by atoms with Gasteiger partial charge in [0.2, 0.25) is 5.91 Å². The van der Waals surface area contributed by atoms with Crippen molar-refractivity contribution in [3.8, 4) is 0 Å². The maximum Gasteiger partial charge on any atom is 0.287 e. The Bertz CT molecular complexity index is 724. The van der Waals surface area contributed by atoms with Crippen LogP contribution >= 0.6 is 0 Å². The maximum atomic E-state index is 12.8. The van der Waals surface area contributed by atoms with Crippen LogP contribution in [0.25, 0.3) is 0 Å². The van der Waals surface area contributed by atoms with Crippen molar-refractivity contribution < 1.29 is 14.0 Å². The lowest BCUT2D eigenvalue weighted by Gasteiger charge is -2.29. The van der Waals surface area contributed by atoms with E-state index in [0.717, 1.165) is 12.1 Å². The normalized spacial score (nSPS) is 12.6. The molecule has 0 aliphatic rings. The first-order valence-corrected chi connectivity index (χ1v) is 9.07. The lowest BCUT2D eigenvalue weighted by Crippen LogP contribution is -2.50. The fraction of sp³-hybridized carbons (Fsp3) is 0.429. The summed E-state index contributed by atoms with van der Waals surface area (Å²) in [5.41, 5.74) is 0.895. The number of amides is 2. The Morgan fingerprint density at radius 2 is 1.81 bits per heavy atom. The first kappa shape index (κ1) is 20.7. The van der Waals surface area contributed by atoms with Crippen molar-refractivity contribution in [1.29, 1.82) is 0 Å². The minimum atomic E-state index is -0.680. The molecule has 2 aromatic rings. The lowest BCUT2D eigenvalue weighted by molar-refractivity contribution is -0.123. The molecular weight excluding hydrogens is 342 g/mol. The van der Waals surface area contributed by atoms with Gasteiger partial charge in [0.05, 0.1) is 6.26 Å². The number of hydrogen-bond acceptors (Lipinski definition) is 4. The summed E-state index contributed by atoms with van der Waals surface area (Å²) in [5, 5.41) is 5.78. The third kappa shape index (κ3) is 6.90. The smallest absolute Gasteiger partial charge is 0.287 e. The summed E-state index contributed by atoms with van der Waals surface area (Å²) in [6, 6.07) is 12.2. The Morgan fingerprint density at radius 3 is 2.41 bits per heavy atom. The molecular formula is C21H29N3O3.